The summed E-state index contributed by atoms with van der Waals surface area (Å²) in [7, 11) is 0. The number of piperidine rings is 1. The summed E-state index contributed by atoms with van der Waals surface area (Å²) in [5.41, 5.74) is 1.36. The Balaban J connectivity index is 2.50. The minimum absolute atomic E-state index is 0.856. The average Bonchev–Trinajstić information content (AvgIpc) is 2.18. The van der Waals surface area contributed by atoms with E-state index in [1.807, 2.05) is 6.08 Å². The fourth-order valence-corrected chi connectivity index (χ4v) is 2.21. The molecular weight excluding hydrogens is 182 g/mol. The highest BCUT2D eigenvalue weighted by Gasteiger charge is 2.15. The fourth-order valence-electron chi connectivity index (χ4n) is 2.21. The molecular formula is C14H23N. The summed E-state index contributed by atoms with van der Waals surface area (Å²) < 4.78 is 0. The maximum atomic E-state index is 3.76. The Morgan fingerprint density at radius 2 is 2.33 bits per heavy atom. The van der Waals surface area contributed by atoms with E-state index in [4.69, 9.17) is 0 Å². The molecule has 1 heterocycles. The molecule has 1 unspecified atom stereocenters. The van der Waals surface area contributed by atoms with Gasteiger partial charge in [0.1, 0.15) is 0 Å². The third-order valence-electron chi connectivity index (χ3n) is 2.86. The minimum atomic E-state index is 0.856. The topological polar surface area (TPSA) is 3.24 Å². The van der Waals surface area contributed by atoms with Crippen LogP contribution in [0.4, 0.5) is 0 Å². The Bertz CT molecular complexity index is 250. The Hall–Kier alpha value is -0.820. The van der Waals surface area contributed by atoms with Gasteiger partial charge in [0.05, 0.1) is 0 Å². The van der Waals surface area contributed by atoms with E-state index >= 15 is 0 Å². The molecule has 0 spiro atoms. The van der Waals surface area contributed by atoms with E-state index < -0.39 is 0 Å². The number of nitrogens with zero attached hydrogens (tertiary/aromatic N) is 1. The van der Waals surface area contributed by atoms with Gasteiger partial charge in [-0.15, -0.1) is 0 Å². The molecule has 1 nitrogen and oxygen atoms in total. The third-order valence-corrected chi connectivity index (χ3v) is 2.86. The SMILES string of the molecule is C=C/C=C(\C=C/C)CN1CCCC(C)C1. The molecule has 1 fully saturated rings. The van der Waals surface area contributed by atoms with Crippen LogP contribution >= 0.6 is 0 Å². The highest BCUT2D eigenvalue weighted by Crippen LogP contribution is 2.16. The van der Waals surface area contributed by atoms with Crippen molar-refractivity contribution in [3.05, 3.63) is 36.5 Å². The molecule has 0 saturated carbocycles. The Morgan fingerprint density at radius 3 is 2.93 bits per heavy atom. The summed E-state index contributed by atoms with van der Waals surface area (Å²) in [6.45, 7) is 11.7. The van der Waals surface area contributed by atoms with Gasteiger partial charge >= 0.3 is 0 Å². The van der Waals surface area contributed by atoms with Crippen LogP contribution in [0.15, 0.2) is 36.5 Å². The van der Waals surface area contributed by atoms with Crippen LogP contribution in [0.5, 0.6) is 0 Å². The molecule has 0 radical (unpaired) electrons. The van der Waals surface area contributed by atoms with E-state index in [1.165, 1.54) is 31.5 Å². The zero-order valence-corrected chi connectivity index (χ0v) is 10.1. The first-order valence-electron chi connectivity index (χ1n) is 5.93. The Labute approximate surface area is 94.2 Å². The molecule has 0 N–H and O–H groups in total. The van der Waals surface area contributed by atoms with Crippen LogP contribution in [-0.2, 0) is 0 Å². The van der Waals surface area contributed by atoms with E-state index in [9.17, 15) is 0 Å². The number of allylic oxidation sites excluding steroid dienone is 3. The van der Waals surface area contributed by atoms with Crippen molar-refractivity contribution in [2.24, 2.45) is 5.92 Å². The minimum Gasteiger partial charge on any atom is -0.299 e. The van der Waals surface area contributed by atoms with Gasteiger partial charge < -0.3 is 0 Å². The van der Waals surface area contributed by atoms with Gasteiger partial charge in [-0.1, -0.05) is 37.8 Å². The zero-order chi connectivity index (χ0) is 11.1. The van der Waals surface area contributed by atoms with Gasteiger partial charge in [0.2, 0.25) is 0 Å². The molecule has 1 heteroatoms. The Kier molecular flexibility index (Phi) is 5.41. The van der Waals surface area contributed by atoms with Gasteiger partial charge in [-0.2, -0.15) is 0 Å². The molecule has 1 saturated heterocycles. The van der Waals surface area contributed by atoms with Crippen molar-refractivity contribution in [3.63, 3.8) is 0 Å². The summed E-state index contributed by atoms with van der Waals surface area (Å²) in [5.74, 6) is 0.856. The van der Waals surface area contributed by atoms with Crippen LogP contribution in [0.2, 0.25) is 0 Å². The summed E-state index contributed by atoms with van der Waals surface area (Å²) in [5, 5.41) is 0. The van der Waals surface area contributed by atoms with Crippen molar-refractivity contribution in [3.8, 4) is 0 Å². The predicted molar refractivity (Wildman–Crippen MR) is 67.9 cm³/mol. The second-order valence-electron chi connectivity index (χ2n) is 4.46. The first kappa shape index (κ1) is 12.3. The lowest BCUT2D eigenvalue weighted by Gasteiger charge is -2.31. The standard InChI is InChI=1S/C14H23N/c1-4-7-14(8-5-2)12-15-10-6-9-13(3)11-15/h4-5,7-8,13H,1,6,9-12H2,2-3H3/b8-5-,14-7+. The lowest BCUT2D eigenvalue weighted by atomic mass is 10.00. The highest BCUT2D eigenvalue weighted by atomic mass is 15.1. The van der Waals surface area contributed by atoms with Crippen molar-refractivity contribution in [1.82, 2.24) is 4.90 Å². The number of likely N-dealkylation sites (tertiary alicyclic amines) is 1. The van der Waals surface area contributed by atoms with Crippen molar-refractivity contribution in [2.75, 3.05) is 19.6 Å². The molecule has 1 aliphatic heterocycles. The van der Waals surface area contributed by atoms with E-state index in [0.717, 1.165) is 12.5 Å². The van der Waals surface area contributed by atoms with Gasteiger partial charge in [-0.3, -0.25) is 4.90 Å². The molecule has 0 bridgehead atoms. The monoisotopic (exact) mass is 205 g/mol. The second kappa shape index (κ2) is 6.62. The summed E-state index contributed by atoms with van der Waals surface area (Å²) in [6, 6.07) is 0. The molecule has 84 valence electrons. The molecule has 0 amide bonds. The largest absolute Gasteiger partial charge is 0.299 e. The van der Waals surface area contributed by atoms with Crippen LogP contribution in [0.1, 0.15) is 26.7 Å². The molecule has 0 aliphatic carbocycles. The van der Waals surface area contributed by atoms with Gasteiger partial charge in [0.15, 0.2) is 0 Å². The maximum absolute atomic E-state index is 3.76. The number of hydrogen-bond acceptors (Lipinski definition) is 1. The number of rotatable bonds is 4. The fraction of sp³-hybridized carbons (Fsp3) is 0.571. The third kappa shape index (κ3) is 4.48. The van der Waals surface area contributed by atoms with Gasteiger partial charge in [-0.25, -0.2) is 0 Å². The van der Waals surface area contributed by atoms with E-state index in [2.05, 4.69) is 43.6 Å². The van der Waals surface area contributed by atoms with Gasteiger partial charge in [0, 0.05) is 13.1 Å². The molecule has 1 aliphatic rings. The van der Waals surface area contributed by atoms with Crippen LogP contribution in [0.25, 0.3) is 0 Å². The second-order valence-corrected chi connectivity index (χ2v) is 4.46. The smallest absolute Gasteiger partial charge is 0.0233 e. The molecule has 0 aromatic carbocycles. The van der Waals surface area contributed by atoms with Crippen molar-refractivity contribution in [1.29, 1.82) is 0 Å². The number of hydrogen-bond donors (Lipinski definition) is 0. The van der Waals surface area contributed by atoms with Crippen molar-refractivity contribution in [2.45, 2.75) is 26.7 Å². The van der Waals surface area contributed by atoms with Crippen LogP contribution in [0.3, 0.4) is 0 Å². The summed E-state index contributed by atoms with van der Waals surface area (Å²) in [6.07, 6.45) is 11.0. The van der Waals surface area contributed by atoms with E-state index in [-0.39, 0.29) is 0 Å². The zero-order valence-electron chi connectivity index (χ0n) is 10.1. The van der Waals surface area contributed by atoms with Crippen molar-refractivity contribution >= 4 is 0 Å². The normalized spacial score (nSPS) is 24.7. The maximum Gasteiger partial charge on any atom is 0.0233 e. The van der Waals surface area contributed by atoms with Crippen LogP contribution in [0, 0.1) is 5.92 Å². The van der Waals surface area contributed by atoms with Gasteiger partial charge in [0.25, 0.3) is 0 Å². The molecule has 0 aromatic rings. The lowest BCUT2D eigenvalue weighted by molar-refractivity contribution is 0.199. The lowest BCUT2D eigenvalue weighted by Crippen LogP contribution is -2.35. The molecule has 1 rings (SSSR count). The summed E-state index contributed by atoms with van der Waals surface area (Å²) >= 11 is 0. The first-order valence-corrected chi connectivity index (χ1v) is 5.93. The Morgan fingerprint density at radius 1 is 1.53 bits per heavy atom. The van der Waals surface area contributed by atoms with Crippen LogP contribution in [-0.4, -0.2) is 24.5 Å². The van der Waals surface area contributed by atoms with E-state index in [0.29, 0.717) is 0 Å². The molecule has 0 aromatic heterocycles. The average molecular weight is 205 g/mol. The quantitative estimate of drug-likeness (QED) is 0.636. The van der Waals surface area contributed by atoms with Crippen molar-refractivity contribution < 1.29 is 0 Å². The molecule has 15 heavy (non-hydrogen) atoms. The molecule has 1 atom stereocenters. The van der Waals surface area contributed by atoms with Crippen LogP contribution < -0.4 is 0 Å². The highest BCUT2D eigenvalue weighted by molar-refractivity contribution is 5.24. The first-order chi connectivity index (χ1) is 7.26. The van der Waals surface area contributed by atoms with Gasteiger partial charge in [-0.05, 0) is 37.8 Å². The van der Waals surface area contributed by atoms with E-state index in [1.54, 1.807) is 0 Å². The summed E-state index contributed by atoms with van der Waals surface area (Å²) in [4.78, 5) is 2.55. The predicted octanol–water partition coefficient (Wildman–Crippen LogP) is 3.41.